The van der Waals surface area contributed by atoms with Crippen molar-refractivity contribution in [1.29, 1.82) is 0 Å². The van der Waals surface area contributed by atoms with Gasteiger partial charge in [-0.05, 0) is 47.7 Å². The number of carbonyl (C=O) groups excluding carboxylic acids is 2. The predicted molar refractivity (Wildman–Crippen MR) is 202 cm³/mol. The fourth-order valence-electron chi connectivity index (χ4n) is 4.56. The van der Waals surface area contributed by atoms with Gasteiger partial charge in [-0.25, -0.2) is 9.59 Å². The normalized spacial score (nSPS) is 9.63. The van der Waals surface area contributed by atoms with Crippen molar-refractivity contribution < 1.29 is 39.5 Å². The fraction of sp³-hybridized carbons (Fsp3) is 0.0476. The van der Waals surface area contributed by atoms with E-state index < -0.39 is 27.8 Å². The molecule has 0 aliphatic carbocycles. The van der Waals surface area contributed by atoms with Gasteiger partial charge in [0.25, 0.3) is 0 Å². The number of methoxy groups -OCH3 is 2. The average Bonchev–Trinajstić information content (AvgIpc) is 3.17. The van der Waals surface area contributed by atoms with Crippen molar-refractivity contribution in [2.24, 2.45) is 0 Å². The van der Waals surface area contributed by atoms with Crippen LogP contribution >= 0.6 is 15.8 Å². The third-order valence-electron chi connectivity index (χ3n) is 6.72. The second kappa shape index (κ2) is 22.1. The van der Waals surface area contributed by atoms with E-state index in [0.717, 1.165) is 0 Å². The van der Waals surface area contributed by atoms with Crippen LogP contribution in [0.25, 0.3) is 0 Å². The monoisotopic (exact) mass is 772 g/mol. The molecule has 0 unspecified atom stereocenters. The zero-order chi connectivity index (χ0) is 33.8. The summed E-state index contributed by atoms with van der Waals surface area (Å²) in [5, 5.41) is 8.39. The fourth-order valence-corrected chi connectivity index (χ4v) is 9.17. The smallest absolute Gasteiger partial charge is 0.384 e. The first-order valence-corrected chi connectivity index (χ1v) is 17.9. The quantitative estimate of drug-likeness (QED) is 0.0664. The molecule has 0 saturated heterocycles. The number of hydrogen-bond donors (Lipinski definition) is 0. The summed E-state index contributed by atoms with van der Waals surface area (Å²) >= 11 is 0. The Morgan fingerprint density at radius 1 is 0.367 bits per heavy atom. The minimum atomic E-state index is -0.759. The molecule has 248 valence electrons. The van der Waals surface area contributed by atoms with E-state index in [-0.39, 0.29) is 20.4 Å². The summed E-state index contributed by atoms with van der Waals surface area (Å²) in [6.07, 6.45) is 0. The van der Waals surface area contributed by atoms with E-state index in [4.69, 9.17) is 0 Å². The molecule has 6 aromatic rings. The summed E-state index contributed by atoms with van der Waals surface area (Å²) in [6, 6.07) is 64.7. The molecule has 0 bridgehead atoms. The van der Waals surface area contributed by atoms with Crippen LogP contribution in [0.15, 0.2) is 182 Å². The molecular formula is C42H36O4P2Pd. The first-order valence-electron chi connectivity index (χ1n) is 15.2. The van der Waals surface area contributed by atoms with Crippen LogP contribution in [-0.2, 0) is 39.5 Å². The van der Waals surface area contributed by atoms with Gasteiger partial charge in [0.05, 0.1) is 14.2 Å². The van der Waals surface area contributed by atoms with Crippen LogP contribution in [0.4, 0.5) is 0 Å². The Balaban J connectivity index is 0.000000208. The molecule has 0 aliphatic rings. The van der Waals surface area contributed by atoms with E-state index in [1.54, 1.807) is 0 Å². The van der Waals surface area contributed by atoms with Crippen molar-refractivity contribution in [3.05, 3.63) is 182 Å². The topological polar surface area (TPSA) is 52.6 Å². The van der Waals surface area contributed by atoms with Gasteiger partial charge in [0, 0.05) is 32.3 Å². The molecule has 0 saturated carbocycles. The molecule has 7 heteroatoms. The van der Waals surface area contributed by atoms with Crippen LogP contribution in [0.1, 0.15) is 0 Å². The zero-order valence-electron chi connectivity index (χ0n) is 27.2. The Morgan fingerprint density at radius 2 is 0.531 bits per heavy atom. The molecule has 0 N–H and O–H groups in total. The summed E-state index contributed by atoms with van der Waals surface area (Å²) < 4.78 is 8.25. The molecule has 6 rings (SSSR count). The second-order valence-corrected chi connectivity index (χ2v) is 14.4. The van der Waals surface area contributed by atoms with Gasteiger partial charge in [0.15, 0.2) is 0 Å². The number of benzene rings is 6. The summed E-state index contributed by atoms with van der Waals surface area (Å²) in [4.78, 5) is 20.5. The number of carbonyl (C=O) groups is 2. The Labute approximate surface area is 305 Å². The minimum Gasteiger partial charge on any atom is -0.459 e. The molecule has 0 radical (unpaired) electrons. The maximum absolute atomic E-state index is 10.2. The summed E-state index contributed by atoms with van der Waals surface area (Å²) in [7, 11) is 1.46. The average molecular weight is 773 g/mol. The van der Waals surface area contributed by atoms with Crippen molar-refractivity contribution in [3.63, 3.8) is 0 Å². The van der Waals surface area contributed by atoms with Gasteiger partial charge < -0.3 is 9.47 Å². The second-order valence-electron chi connectivity index (χ2n) is 9.92. The van der Waals surface area contributed by atoms with Gasteiger partial charge in [-0.2, -0.15) is 0 Å². The van der Waals surface area contributed by atoms with Gasteiger partial charge in [-0.3, -0.25) is 0 Å². The van der Waals surface area contributed by atoms with Crippen LogP contribution in [0.2, 0.25) is 0 Å². The van der Waals surface area contributed by atoms with E-state index in [2.05, 4.69) is 191 Å². The molecular weight excluding hydrogens is 737 g/mol. The molecule has 49 heavy (non-hydrogen) atoms. The largest absolute Gasteiger partial charge is 0.459 e. The van der Waals surface area contributed by atoms with Crippen LogP contribution in [0.5, 0.6) is 0 Å². The Morgan fingerprint density at radius 3 is 0.673 bits per heavy atom. The first kappa shape index (κ1) is 38.8. The first-order chi connectivity index (χ1) is 23.6. The molecule has 0 amide bonds. The SMILES string of the molecule is COC(=O)C#CC(=O)OC.[Pd].c1ccc(P(c2ccccc2)c2ccccc2)cc1.c1ccc(P(c2ccccc2)c2ccccc2)cc1. The summed E-state index contributed by atoms with van der Waals surface area (Å²) in [5.41, 5.74) is 0. The van der Waals surface area contributed by atoms with Crippen LogP contribution in [-0.4, -0.2) is 26.2 Å². The van der Waals surface area contributed by atoms with Crippen molar-refractivity contribution in [1.82, 2.24) is 0 Å². The van der Waals surface area contributed by atoms with E-state index in [1.165, 1.54) is 46.0 Å². The number of hydrogen-bond acceptors (Lipinski definition) is 4. The van der Waals surface area contributed by atoms with Crippen molar-refractivity contribution in [2.75, 3.05) is 14.2 Å². The number of ether oxygens (including phenoxy) is 2. The molecule has 6 aromatic carbocycles. The Bertz CT molecular complexity index is 1540. The van der Waals surface area contributed by atoms with E-state index in [0.29, 0.717) is 0 Å². The van der Waals surface area contributed by atoms with Gasteiger partial charge in [0.2, 0.25) is 0 Å². The number of esters is 2. The van der Waals surface area contributed by atoms with Gasteiger partial charge in [-0.1, -0.05) is 182 Å². The van der Waals surface area contributed by atoms with Crippen LogP contribution in [0.3, 0.4) is 0 Å². The standard InChI is InChI=1S/2C18H15P.C6H6O4.Pd/c2*1-4-10-16(11-5-1)19(17-12-6-2-7-13-17)18-14-8-3-9-15-18;1-9-5(7)3-4-6(8)10-2;/h2*1-15H;1-2H3;. The van der Waals surface area contributed by atoms with E-state index >= 15 is 0 Å². The maximum atomic E-state index is 10.2. The molecule has 0 aliphatic heterocycles. The molecule has 0 fully saturated rings. The Kier molecular flexibility index (Phi) is 17.5. The molecule has 4 nitrogen and oxygen atoms in total. The van der Waals surface area contributed by atoms with Crippen LogP contribution in [0, 0.1) is 11.8 Å². The third kappa shape index (κ3) is 12.7. The molecule has 0 spiro atoms. The summed E-state index contributed by atoms with van der Waals surface area (Å²) in [5.74, 6) is 2.28. The predicted octanol–water partition coefficient (Wildman–Crippen LogP) is 6.22. The minimum absolute atomic E-state index is 0. The molecule has 0 atom stereocenters. The van der Waals surface area contributed by atoms with Gasteiger partial charge in [0.1, 0.15) is 0 Å². The molecule has 0 aromatic heterocycles. The van der Waals surface area contributed by atoms with Gasteiger partial charge in [-0.15, -0.1) is 0 Å². The zero-order valence-corrected chi connectivity index (χ0v) is 30.5. The maximum Gasteiger partial charge on any atom is 0.384 e. The third-order valence-corrected chi connectivity index (χ3v) is 11.6. The van der Waals surface area contributed by atoms with E-state index in [9.17, 15) is 9.59 Å². The molecule has 0 heterocycles. The van der Waals surface area contributed by atoms with Crippen LogP contribution < -0.4 is 31.8 Å². The van der Waals surface area contributed by atoms with Crippen molar-refractivity contribution in [2.45, 2.75) is 0 Å². The van der Waals surface area contributed by atoms with Crippen molar-refractivity contribution in [3.8, 4) is 11.8 Å². The van der Waals surface area contributed by atoms with E-state index in [1.807, 2.05) is 11.8 Å². The number of rotatable bonds is 6. The summed E-state index contributed by atoms with van der Waals surface area (Å²) in [6.45, 7) is 0. The Hall–Kier alpha value is -4.66. The van der Waals surface area contributed by atoms with Gasteiger partial charge >= 0.3 is 11.9 Å². The van der Waals surface area contributed by atoms with Crippen molar-refractivity contribution >= 4 is 59.6 Å².